The number of rotatable bonds is 5. The van der Waals surface area contributed by atoms with Gasteiger partial charge in [-0.2, -0.15) is 45.9 Å². The van der Waals surface area contributed by atoms with Crippen LogP contribution in [0.5, 0.6) is 11.8 Å². The van der Waals surface area contributed by atoms with E-state index in [-0.39, 0.29) is 34.5 Å². The number of carbonyl (C=O) groups excluding carboxylic acids is 2. The van der Waals surface area contributed by atoms with E-state index in [0.717, 1.165) is 43.2 Å². The molecule has 0 radical (unpaired) electrons. The maximum Gasteiger partial charge on any atom is 0.490 e. The van der Waals surface area contributed by atoms with Gasteiger partial charge in [0.25, 0.3) is 0 Å². The van der Waals surface area contributed by atoms with Gasteiger partial charge >= 0.3 is 36.5 Å². The Morgan fingerprint density at radius 2 is 1.62 bits per heavy atom. The lowest BCUT2D eigenvalue weighted by Crippen LogP contribution is -2.42. The number of benzene rings is 2. The maximum atomic E-state index is 16.5. The Labute approximate surface area is 313 Å². The van der Waals surface area contributed by atoms with Gasteiger partial charge in [0, 0.05) is 30.9 Å². The normalized spacial score (nSPS) is 20.5. The van der Waals surface area contributed by atoms with E-state index in [1.54, 1.807) is 18.3 Å². The molecule has 3 N–H and O–H groups in total. The zero-order chi connectivity index (χ0) is 41.6. The van der Waals surface area contributed by atoms with Crippen molar-refractivity contribution < 1.29 is 70.0 Å². The molecule has 1 aliphatic carbocycles. The average molecular weight is 800 g/mol. The number of alkyl halides is 6. The summed E-state index contributed by atoms with van der Waals surface area (Å²) in [5, 5.41) is 26.9. The highest BCUT2D eigenvalue weighted by atomic mass is 19.4. The van der Waals surface area contributed by atoms with E-state index < -0.39 is 30.1 Å². The first-order valence-corrected chi connectivity index (χ1v) is 16.9. The Bertz CT molecular complexity index is 2070. The quantitative estimate of drug-likeness (QED) is 0.187. The summed E-state index contributed by atoms with van der Waals surface area (Å²) < 4.78 is 86.1. The molecule has 2 unspecified atom stereocenters. The number of phenolic OH excluding ortho intramolecular Hbond substituents is 1. The Balaban J connectivity index is 0.000000346. The monoisotopic (exact) mass is 799 g/mol. The largest absolute Gasteiger partial charge is 0.508 e. The summed E-state index contributed by atoms with van der Waals surface area (Å²) in [6.07, 6.45) is -2.37. The van der Waals surface area contributed by atoms with E-state index in [1.165, 1.54) is 19.3 Å². The van der Waals surface area contributed by atoms with Gasteiger partial charge in [-0.1, -0.05) is 31.2 Å². The number of aromatic hydroxyl groups is 1. The van der Waals surface area contributed by atoms with Crippen LogP contribution in [0.4, 0.5) is 36.6 Å². The third-order valence-electron chi connectivity index (χ3n) is 9.59. The van der Waals surface area contributed by atoms with E-state index in [0.29, 0.717) is 35.3 Å². The van der Waals surface area contributed by atoms with Crippen LogP contribution in [0.15, 0.2) is 42.6 Å². The molecule has 20 heteroatoms. The third-order valence-corrected chi connectivity index (χ3v) is 9.59. The number of pyridine rings is 1. The van der Waals surface area contributed by atoms with E-state index in [2.05, 4.69) is 33.7 Å². The number of hydrogen-bond acceptors (Lipinski definition) is 11. The molecule has 4 aromatic rings. The van der Waals surface area contributed by atoms with Crippen LogP contribution in [-0.4, -0.2) is 105 Å². The van der Waals surface area contributed by atoms with Gasteiger partial charge in [-0.25, -0.2) is 14.0 Å². The third kappa shape index (κ3) is 10.6. The van der Waals surface area contributed by atoms with Gasteiger partial charge < -0.3 is 29.9 Å². The molecular formula is C36H36F7N5O8. The minimum atomic E-state index is -5.08. The van der Waals surface area contributed by atoms with Crippen molar-refractivity contribution in [3.8, 4) is 23.0 Å². The van der Waals surface area contributed by atoms with Crippen LogP contribution < -0.4 is 9.64 Å². The number of ether oxygens (including phenoxy) is 1. The second-order valence-electron chi connectivity index (χ2n) is 13.8. The first kappa shape index (κ1) is 43.1. The molecule has 3 atom stereocenters. The zero-order valence-electron chi connectivity index (χ0n) is 29.8. The Hall–Kier alpha value is -5.62. The maximum absolute atomic E-state index is 16.5. The lowest BCUT2D eigenvalue weighted by Gasteiger charge is -2.39. The number of carbonyl (C=O) groups is 2. The van der Waals surface area contributed by atoms with E-state index >= 15 is 4.39 Å². The van der Waals surface area contributed by atoms with Gasteiger partial charge in [0.15, 0.2) is 5.82 Å². The molecule has 7 rings (SSSR count). The lowest BCUT2D eigenvalue weighted by atomic mass is 9.84. The number of piperidine rings is 1. The Kier molecular flexibility index (Phi) is 13.4. The first-order valence-electron chi connectivity index (χ1n) is 16.9. The number of aliphatic carboxylic acids is 2. The molecule has 2 aliphatic heterocycles. The van der Waals surface area contributed by atoms with Gasteiger partial charge in [-0.3, -0.25) is 4.98 Å². The summed E-state index contributed by atoms with van der Waals surface area (Å²) in [6.45, 7) is 5.64. The molecule has 3 fully saturated rings. The van der Waals surface area contributed by atoms with E-state index in [9.17, 15) is 31.4 Å². The molecule has 0 amide bonds. The number of likely N-dealkylation sites (tertiary alicyclic amines) is 1. The van der Waals surface area contributed by atoms with Gasteiger partial charge in [-0.15, -0.1) is 0 Å². The second-order valence-corrected chi connectivity index (χ2v) is 13.8. The highest BCUT2D eigenvalue weighted by molar-refractivity contribution is 6.00. The topological polar surface area (TPSA) is 183 Å². The summed E-state index contributed by atoms with van der Waals surface area (Å²) in [7, 11) is 2.11. The molecular weight excluding hydrogens is 763 g/mol. The molecule has 13 nitrogen and oxygen atoms in total. The number of hydrogen-bond donors (Lipinski definition) is 3. The predicted molar refractivity (Wildman–Crippen MR) is 183 cm³/mol. The average Bonchev–Trinajstić information content (AvgIpc) is 3.66. The number of anilines is 1. The van der Waals surface area contributed by atoms with Gasteiger partial charge in [0.05, 0.1) is 5.39 Å². The van der Waals surface area contributed by atoms with Crippen LogP contribution in [0, 0.1) is 17.2 Å². The van der Waals surface area contributed by atoms with Crippen molar-refractivity contribution in [2.45, 2.75) is 57.4 Å². The van der Waals surface area contributed by atoms with Crippen LogP contribution in [0.25, 0.3) is 32.9 Å². The van der Waals surface area contributed by atoms with Crippen molar-refractivity contribution >= 4 is 45.6 Å². The zero-order valence-corrected chi connectivity index (χ0v) is 29.8. The summed E-state index contributed by atoms with van der Waals surface area (Å²) in [4.78, 5) is 52.7. The van der Waals surface area contributed by atoms with Crippen LogP contribution in [0.3, 0.4) is 0 Å². The molecule has 2 aromatic heterocycles. The first-order chi connectivity index (χ1) is 26.2. The van der Waals surface area contributed by atoms with E-state index in [1.807, 2.05) is 24.3 Å². The summed E-state index contributed by atoms with van der Waals surface area (Å²) in [6, 6.07) is 11.4. The van der Waals surface area contributed by atoms with E-state index in [4.69, 9.17) is 39.1 Å². The van der Waals surface area contributed by atoms with Gasteiger partial charge in [0.2, 0.25) is 0 Å². The Morgan fingerprint density at radius 3 is 2.20 bits per heavy atom. The lowest BCUT2D eigenvalue weighted by molar-refractivity contribution is -0.193. The predicted octanol–water partition coefficient (Wildman–Crippen LogP) is 6.47. The molecule has 302 valence electrons. The fourth-order valence-electron chi connectivity index (χ4n) is 7.12. The molecule has 3 aliphatic rings. The molecule has 2 aromatic carbocycles. The SMILES string of the molecule is CN1CCC[C@H]1COc1nc(N2CC3CCC(C)(C3)C2)c2cnc(-c3cc(O)cc4ccccc34)c(F)c2n1.O=C(O)C(F)(F)F.O=C(O)C(F)(F)F.O=C=O. The number of fused-ring (bicyclic) bond motifs is 4. The molecule has 0 spiro atoms. The fourth-order valence-corrected chi connectivity index (χ4v) is 7.12. The number of aromatic nitrogens is 3. The number of carboxylic acids is 2. The van der Waals surface area contributed by atoms with Crippen molar-refractivity contribution in [2.24, 2.45) is 11.3 Å². The van der Waals surface area contributed by atoms with Crippen molar-refractivity contribution in [3.63, 3.8) is 0 Å². The number of likely N-dealkylation sites (N-methyl/N-ethyl adjacent to an activating group) is 1. The molecule has 1 saturated carbocycles. The standard InChI is InChI=1S/C31H34FN5O2.2C2HF3O2.CO2/c1-31-10-9-19(14-31)16-37(18-31)29-25-15-33-27(24-13-22(38)12-20-6-3-4-8-23(20)24)26(32)28(25)34-30(35-29)39-17-21-7-5-11-36(21)2;2*3-2(4,5)1(6)7;2-1-3/h3-4,6,8,12-13,15,19,21,38H,5,7,9-11,14,16-18H2,1-2H3;2*(H,6,7);/t19?,21-,31?;;;/m0.../s1. The molecule has 4 heterocycles. The Morgan fingerprint density at radius 1 is 1.00 bits per heavy atom. The van der Waals surface area contributed by atoms with Crippen molar-refractivity contribution in [1.29, 1.82) is 0 Å². The summed E-state index contributed by atoms with van der Waals surface area (Å²) in [5.74, 6) is -4.66. The summed E-state index contributed by atoms with van der Waals surface area (Å²) in [5.41, 5.74) is 1.13. The highest BCUT2D eigenvalue weighted by Crippen LogP contribution is 2.48. The number of phenols is 1. The minimum Gasteiger partial charge on any atom is -0.508 e. The molecule has 56 heavy (non-hydrogen) atoms. The second kappa shape index (κ2) is 17.5. The van der Waals surface area contributed by atoms with Crippen LogP contribution >= 0.6 is 0 Å². The van der Waals surface area contributed by atoms with Crippen LogP contribution in [0.1, 0.15) is 39.0 Å². The number of halogens is 7. The number of carboxylic acid groups (broad SMARTS) is 2. The smallest absolute Gasteiger partial charge is 0.490 e. The van der Waals surface area contributed by atoms with Crippen molar-refractivity contribution in [3.05, 3.63) is 48.4 Å². The van der Waals surface area contributed by atoms with Crippen molar-refractivity contribution in [2.75, 3.05) is 38.2 Å². The number of nitrogens with zero attached hydrogens (tertiary/aromatic N) is 5. The highest BCUT2D eigenvalue weighted by Gasteiger charge is 2.43. The van der Waals surface area contributed by atoms with Crippen LogP contribution in [-0.2, 0) is 19.2 Å². The summed E-state index contributed by atoms with van der Waals surface area (Å²) >= 11 is 0. The fraction of sp³-hybridized carbons (Fsp3) is 0.444. The molecule has 2 saturated heterocycles. The van der Waals surface area contributed by atoms with Gasteiger partial charge in [-0.05, 0) is 79.9 Å². The molecule has 2 bridgehead atoms. The van der Waals surface area contributed by atoms with Crippen LogP contribution in [0.2, 0.25) is 0 Å². The van der Waals surface area contributed by atoms with Crippen molar-refractivity contribution in [1.82, 2.24) is 19.9 Å². The van der Waals surface area contributed by atoms with Gasteiger partial charge in [0.1, 0.15) is 29.4 Å². The minimum absolute atomic E-state index is 0.0649.